The zero-order valence-electron chi connectivity index (χ0n) is 15.9. The summed E-state index contributed by atoms with van der Waals surface area (Å²) in [5.41, 5.74) is -3.36. The quantitative estimate of drug-likeness (QED) is 0.337. The number of alkyl halides is 6. The first-order chi connectivity index (χ1) is 14.9. The highest BCUT2D eigenvalue weighted by Crippen LogP contribution is 2.37. The number of amides is 1. The zero-order chi connectivity index (χ0) is 23.7. The van der Waals surface area contributed by atoms with E-state index in [-0.39, 0.29) is 35.8 Å². The molecule has 0 radical (unpaired) electrons. The SMILES string of the molecule is O=C(c1cc(C(F)(F)F)cc(C(F)(F)F)c1)N1CCN=C1SCc1ccc([N+](=O)[O-])cc1. The van der Waals surface area contributed by atoms with Crippen LogP contribution >= 0.6 is 11.8 Å². The molecule has 0 aliphatic carbocycles. The fourth-order valence-corrected chi connectivity index (χ4v) is 3.84. The number of thioether (sulfide) groups is 1. The average molecular weight is 477 g/mol. The number of carbonyl (C=O) groups is 1. The maximum absolute atomic E-state index is 13.1. The summed E-state index contributed by atoms with van der Waals surface area (Å²) in [6, 6.07) is 6.29. The van der Waals surface area contributed by atoms with Gasteiger partial charge in [0, 0.05) is 30.0 Å². The number of nitro groups is 1. The Morgan fingerprint density at radius 3 is 2.09 bits per heavy atom. The van der Waals surface area contributed by atoms with E-state index < -0.39 is 39.9 Å². The number of aliphatic imine (C=N–C) groups is 1. The monoisotopic (exact) mass is 477 g/mol. The summed E-state index contributed by atoms with van der Waals surface area (Å²) in [7, 11) is 0. The molecule has 6 nitrogen and oxygen atoms in total. The zero-order valence-corrected chi connectivity index (χ0v) is 16.7. The van der Waals surface area contributed by atoms with Crippen molar-refractivity contribution < 1.29 is 36.1 Å². The first-order valence-corrected chi connectivity index (χ1v) is 9.87. The number of halogens is 6. The topological polar surface area (TPSA) is 75.8 Å². The van der Waals surface area contributed by atoms with Crippen LogP contribution in [0.3, 0.4) is 0 Å². The lowest BCUT2D eigenvalue weighted by atomic mass is 10.0. The van der Waals surface area contributed by atoms with E-state index in [9.17, 15) is 41.3 Å². The van der Waals surface area contributed by atoms with Gasteiger partial charge >= 0.3 is 12.4 Å². The predicted molar refractivity (Wildman–Crippen MR) is 104 cm³/mol. The van der Waals surface area contributed by atoms with Gasteiger partial charge in [-0.2, -0.15) is 26.3 Å². The van der Waals surface area contributed by atoms with E-state index in [1.807, 2.05) is 0 Å². The highest BCUT2D eigenvalue weighted by molar-refractivity contribution is 8.13. The minimum atomic E-state index is -5.07. The Labute approximate surface area is 181 Å². The maximum atomic E-state index is 13.1. The van der Waals surface area contributed by atoms with Crippen molar-refractivity contribution in [1.82, 2.24) is 4.90 Å². The van der Waals surface area contributed by atoms with Crippen molar-refractivity contribution in [3.8, 4) is 0 Å². The van der Waals surface area contributed by atoms with Gasteiger partial charge < -0.3 is 0 Å². The Kier molecular flexibility index (Phi) is 6.49. The third kappa shape index (κ3) is 5.39. The average Bonchev–Trinajstić information content (AvgIpc) is 3.19. The summed E-state index contributed by atoms with van der Waals surface area (Å²) >= 11 is 1.04. The first-order valence-electron chi connectivity index (χ1n) is 8.88. The van der Waals surface area contributed by atoms with Gasteiger partial charge in [0.05, 0.1) is 22.6 Å². The van der Waals surface area contributed by atoms with E-state index in [0.717, 1.165) is 16.7 Å². The number of hydrogen-bond acceptors (Lipinski definition) is 5. The Hall–Kier alpha value is -3.09. The van der Waals surface area contributed by atoms with Crippen LogP contribution in [-0.4, -0.2) is 34.0 Å². The molecule has 13 heteroatoms. The van der Waals surface area contributed by atoms with Crippen LogP contribution in [0.25, 0.3) is 0 Å². The van der Waals surface area contributed by atoms with Gasteiger partial charge in [0.2, 0.25) is 0 Å². The molecule has 1 aliphatic rings. The van der Waals surface area contributed by atoms with E-state index >= 15 is 0 Å². The van der Waals surface area contributed by atoms with Crippen LogP contribution in [0.15, 0.2) is 47.5 Å². The fourth-order valence-electron chi connectivity index (χ4n) is 2.83. The van der Waals surface area contributed by atoms with Gasteiger partial charge in [-0.3, -0.25) is 24.8 Å². The van der Waals surface area contributed by atoms with Gasteiger partial charge in [0.15, 0.2) is 5.17 Å². The van der Waals surface area contributed by atoms with Crippen molar-refractivity contribution in [3.05, 3.63) is 74.8 Å². The van der Waals surface area contributed by atoms with Gasteiger partial charge in [0.1, 0.15) is 0 Å². The summed E-state index contributed by atoms with van der Waals surface area (Å²) < 4.78 is 78.5. The number of carbonyl (C=O) groups excluding carboxylic acids is 1. The predicted octanol–water partition coefficient (Wildman–Crippen LogP) is 5.38. The van der Waals surface area contributed by atoms with Crippen LogP contribution in [0.5, 0.6) is 0 Å². The van der Waals surface area contributed by atoms with E-state index in [0.29, 0.717) is 17.7 Å². The lowest BCUT2D eigenvalue weighted by Gasteiger charge is -2.20. The summed E-state index contributed by atoms with van der Waals surface area (Å²) in [5, 5.41) is 10.8. The highest BCUT2D eigenvalue weighted by Gasteiger charge is 2.38. The molecule has 0 saturated heterocycles. The summed E-state index contributed by atoms with van der Waals surface area (Å²) in [6.45, 7) is 0.137. The molecule has 0 aromatic heterocycles. The number of benzene rings is 2. The molecule has 0 N–H and O–H groups in total. The third-order valence-corrected chi connectivity index (χ3v) is 5.48. The molecule has 1 heterocycles. The fraction of sp³-hybridized carbons (Fsp3) is 0.263. The van der Waals surface area contributed by atoms with E-state index in [1.54, 1.807) is 0 Å². The van der Waals surface area contributed by atoms with Gasteiger partial charge in [-0.25, -0.2) is 0 Å². The second-order valence-corrected chi connectivity index (χ2v) is 7.57. The number of hydrogen-bond donors (Lipinski definition) is 0. The van der Waals surface area contributed by atoms with E-state index in [2.05, 4.69) is 4.99 Å². The van der Waals surface area contributed by atoms with Crippen molar-refractivity contribution in [2.45, 2.75) is 18.1 Å². The molecule has 170 valence electrons. The third-order valence-electron chi connectivity index (χ3n) is 4.40. The Morgan fingerprint density at radius 2 is 1.59 bits per heavy atom. The van der Waals surface area contributed by atoms with Crippen molar-refractivity contribution in [3.63, 3.8) is 0 Å². The molecule has 0 atom stereocenters. The van der Waals surface area contributed by atoms with Crippen LogP contribution in [0.4, 0.5) is 32.0 Å². The van der Waals surface area contributed by atoms with Crippen molar-refractivity contribution >= 4 is 28.5 Å². The second-order valence-electron chi connectivity index (χ2n) is 6.63. The smallest absolute Gasteiger partial charge is 0.286 e. The number of amidine groups is 1. The first kappa shape index (κ1) is 23.6. The number of rotatable bonds is 4. The van der Waals surface area contributed by atoms with Crippen LogP contribution in [-0.2, 0) is 18.1 Å². The number of nitro benzene ring substituents is 1. The van der Waals surface area contributed by atoms with Crippen molar-refractivity contribution in [2.24, 2.45) is 4.99 Å². The standard InChI is InChI=1S/C19H13F6N3O3S/c20-18(21,22)13-7-12(8-14(9-13)19(23,24)25)16(29)27-6-5-26-17(27)32-10-11-1-3-15(4-2-11)28(30)31/h1-4,7-9H,5-6,10H2. The Bertz CT molecular complexity index is 1040. The molecule has 0 fully saturated rings. The Morgan fingerprint density at radius 1 is 1.03 bits per heavy atom. The molecule has 2 aromatic rings. The minimum Gasteiger partial charge on any atom is -0.286 e. The van der Waals surface area contributed by atoms with Crippen molar-refractivity contribution in [2.75, 3.05) is 13.1 Å². The van der Waals surface area contributed by atoms with E-state index in [4.69, 9.17) is 0 Å². The largest absolute Gasteiger partial charge is 0.416 e. The normalized spacial score (nSPS) is 14.4. The van der Waals surface area contributed by atoms with Crippen LogP contribution in [0.1, 0.15) is 27.0 Å². The van der Waals surface area contributed by atoms with Gasteiger partial charge in [-0.1, -0.05) is 23.9 Å². The lowest BCUT2D eigenvalue weighted by molar-refractivity contribution is -0.384. The lowest BCUT2D eigenvalue weighted by Crippen LogP contribution is -2.33. The molecule has 1 aliphatic heterocycles. The van der Waals surface area contributed by atoms with Gasteiger partial charge in [-0.05, 0) is 23.8 Å². The molecule has 0 spiro atoms. The molecule has 0 unspecified atom stereocenters. The molecule has 0 bridgehead atoms. The van der Waals surface area contributed by atoms with Gasteiger partial charge in [-0.15, -0.1) is 0 Å². The van der Waals surface area contributed by atoms with Crippen LogP contribution < -0.4 is 0 Å². The van der Waals surface area contributed by atoms with E-state index in [1.165, 1.54) is 24.3 Å². The molecular formula is C19H13F6N3O3S. The maximum Gasteiger partial charge on any atom is 0.416 e. The molecule has 32 heavy (non-hydrogen) atoms. The van der Waals surface area contributed by atoms with Crippen molar-refractivity contribution in [1.29, 1.82) is 0 Å². The molecule has 2 aromatic carbocycles. The molecule has 1 amide bonds. The molecular weight excluding hydrogens is 464 g/mol. The second kappa shape index (κ2) is 8.81. The van der Waals surface area contributed by atoms with Crippen LogP contribution in [0, 0.1) is 10.1 Å². The minimum absolute atomic E-state index is 0.000967. The number of nitrogens with zero attached hydrogens (tertiary/aromatic N) is 3. The summed E-state index contributed by atoms with van der Waals surface area (Å²) in [5.74, 6) is -0.800. The molecule has 3 rings (SSSR count). The highest BCUT2D eigenvalue weighted by atomic mass is 32.2. The summed E-state index contributed by atoms with van der Waals surface area (Å²) in [6.07, 6.45) is -10.1. The Balaban J connectivity index is 1.81. The molecule has 0 saturated carbocycles. The number of non-ortho nitro benzene ring substituents is 1. The summed E-state index contributed by atoms with van der Waals surface area (Å²) in [4.78, 5) is 28.0. The van der Waals surface area contributed by atoms with Crippen LogP contribution in [0.2, 0.25) is 0 Å². The van der Waals surface area contributed by atoms with Gasteiger partial charge in [0.25, 0.3) is 11.6 Å².